The van der Waals surface area contributed by atoms with Crippen LogP contribution in [0.25, 0.3) is 33.3 Å². The van der Waals surface area contributed by atoms with Crippen LogP contribution in [-0.2, 0) is 21.4 Å². The minimum atomic E-state index is -4.63. The molecule has 1 saturated heterocycles. The van der Waals surface area contributed by atoms with E-state index in [-0.39, 0.29) is 28.1 Å². The molecule has 4 N–H and O–H groups in total. The first-order valence-electron chi connectivity index (χ1n) is 17.6. The Morgan fingerprint density at radius 2 is 1.70 bits per heavy atom. The van der Waals surface area contributed by atoms with Crippen LogP contribution in [0.3, 0.4) is 0 Å². The molecule has 5 rings (SSSR count). The summed E-state index contributed by atoms with van der Waals surface area (Å²) in [4.78, 5) is 58.0. The molecule has 1 fully saturated rings. The number of likely N-dealkylation sites (tertiary alicyclic amines) is 1. The number of aromatic nitrogens is 2. The van der Waals surface area contributed by atoms with Crippen LogP contribution in [0, 0.1) is 11.8 Å². The third-order valence-corrected chi connectivity index (χ3v) is 9.45. The smallest absolute Gasteiger partial charge is 0.410 e. The number of nitrogens with two attached hydrogens (primary N) is 1. The average Bonchev–Trinajstić information content (AvgIpc) is 3.46. The van der Waals surface area contributed by atoms with Crippen molar-refractivity contribution in [3.8, 4) is 34.2 Å². The van der Waals surface area contributed by atoms with Gasteiger partial charge in [0.1, 0.15) is 18.0 Å². The fourth-order valence-corrected chi connectivity index (χ4v) is 6.67. The van der Waals surface area contributed by atoms with Crippen LogP contribution in [0.1, 0.15) is 49.5 Å². The topological polar surface area (TPSA) is 152 Å². The highest BCUT2D eigenvalue weighted by Gasteiger charge is 2.31. The number of rotatable bonds is 7. The lowest BCUT2D eigenvalue weighted by atomic mass is 9.96. The number of pyridine rings is 1. The molecule has 0 spiro atoms. The normalized spacial score (nSPS) is 13.4. The van der Waals surface area contributed by atoms with E-state index in [9.17, 15) is 36.7 Å². The van der Waals surface area contributed by atoms with Gasteiger partial charge in [0, 0.05) is 56.6 Å². The predicted molar refractivity (Wildman–Crippen MR) is 209 cm³/mol. The van der Waals surface area contributed by atoms with E-state index in [1.54, 1.807) is 61.4 Å². The Labute approximate surface area is 331 Å². The number of carbonyl (C=O) groups excluding carboxylic acids is 4. The highest BCUT2D eigenvalue weighted by Crippen LogP contribution is 2.44. The lowest BCUT2D eigenvalue weighted by Gasteiger charge is -2.36. The molecule has 0 bridgehead atoms. The number of halogens is 5. The highest BCUT2D eigenvalue weighted by atomic mass is 35.5. The van der Waals surface area contributed by atoms with E-state index >= 15 is 0 Å². The second-order valence-corrected chi connectivity index (χ2v) is 14.8. The van der Waals surface area contributed by atoms with Gasteiger partial charge in [-0.1, -0.05) is 42.3 Å². The first kappa shape index (κ1) is 42.1. The van der Waals surface area contributed by atoms with Gasteiger partial charge in [0.25, 0.3) is 17.7 Å². The van der Waals surface area contributed by atoms with Crippen LogP contribution in [0.15, 0.2) is 61.1 Å². The number of anilines is 2. The summed E-state index contributed by atoms with van der Waals surface area (Å²) in [5.41, 5.74) is 8.71. The quantitative estimate of drug-likeness (QED) is 0.103. The van der Waals surface area contributed by atoms with Crippen LogP contribution in [-0.4, -0.2) is 87.7 Å². The number of hydrogen-bond donors (Lipinski definition) is 3. The Bertz CT molecular complexity index is 2320. The third kappa shape index (κ3) is 9.84. The highest BCUT2D eigenvalue weighted by molar-refractivity contribution is 6.34. The van der Waals surface area contributed by atoms with Gasteiger partial charge in [-0.2, -0.15) is 13.2 Å². The first-order valence-corrected chi connectivity index (χ1v) is 18.0. The van der Waals surface area contributed by atoms with Gasteiger partial charge in [0.2, 0.25) is 0 Å². The van der Waals surface area contributed by atoms with Crippen LogP contribution < -0.4 is 16.4 Å². The lowest BCUT2D eigenvalue weighted by molar-refractivity contribution is -0.126. The summed E-state index contributed by atoms with van der Waals surface area (Å²) < 4.78 is 59.1. The molecule has 0 aliphatic carbocycles. The number of benzene rings is 2. The molecule has 1 aliphatic heterocycles. The number of hydrogen-bond acceptors (Lipinski definition) is 7. The maximum absolute atomic E-state index is 13.4. The van der Waals surface area contributed by atoms with Crippen LogP contribution >= 0.6 is 11.6 Å². The molecule has 3 heterocycles. The standard InChI is InChI=1S/C40H40ClF4N7O5/c1-22(42)36(54)49-26-11-7-23(8-12-26)33-31(24-9-13-28(29(41)19-24)37(55)48-21-40(43,44)45)32-34(51(33)6)25(20-47-35(32)46)10-14-30(53)52-17-15-27(16-18-52)50(5)38(56)57-39(2,3)4/h7-9,11-13,19-20,27H,1,15-18,21H2,2-6H3,(H2,46,47)(H,48,55)(H,49,54). The van der Waals surface area contributed by atoms with Crippen molar-refractivity contribution < 1.29 is 41.5 Å². The van der Waals surface area contributed by atoms with Gasteiger partial charge in [-0.15, -0.1) is 0 Å². The number of aryl methyl sites for hydroxylation is 1. The fourth-order valence-electron chi connectivity index (χ4n) is 6.40. The Hall–Kier alpha value is -6.08. The zero-order valence-electron chi connectivity index (χ0n) is 31.7. The van der Waals surface area contributed by atoms with Crippen molar-refractivity contribution in [1.29, 1.82) is 0 Å². The summed E-state index contributed by atoms with van der Waals surface area (Å²) in [5, 5.41) is 4.45. The molecule has 57 heavy (non-hydrogen) atoms. The molecule has 0 saturated carbocycles. The summed E-state index contributed by atoms with van der Waals surface area (Å²) in [5.74, 6) is 2.08. The van der Waals surface area contributed by atoms with Crippen molar-refractivity contribution in [2.24, 2.45) is 7.05 Å². The molecule has 17 heteroatoms. The average molecular weight is 810 g/mol. The van der Waals surface area contributed by atoms with Gasteiger partial charge in [0.15, 0.2) is 5.83 Å². The monoisotopic (exact) mass is 809 g/mol. The number of nitrogens with zero attached hydrogens (tertiary/aromatic N) is 4. The fraction of sp³-hybridized carbons (Fsp3) is 0.325. The van der Waals surface area contributed by atoms with Gasteiger partial charge >= 0.3 is 12.3 Å². The molecule has 0 radical (unpaired) electrons. The van der Waals surface area contributed by atoms with Crippen LogP contribution in [0.5, 0.6) is 0 Å². The van der Waals surface area contributed by atoms with Crippen molar-refractivity contribution in [1.82, 2.24) is 24.7 Å². The number of nitrogen functional groups attached to an aromatic ring is 1. The van der Waals surface area contributed by atoms with Gasteiger partial charge in [-0.3, -0.25) is 14.4 Å². The molecule has 4 amide bonds. The maximum Gasteiger partial charge on any atom is 0.410 e. The SMILES string of the molecule is C=C(F)C(=O)Nc1ccc(-c2c(-c3ccc(C(=O)NCC(F)(F)F)c(Cl)c3)c3c(N)ncc(C#CC(=O)N4CCC(N(C)C(=O)OC(C)(C)C)CC4)c3n2C)cc1. The van der Waals surface area contributed by atoms with Crippen molar-refractivity contribution in [3.63, 3.8) is 0 Å². The molecular formula is C40H40ClF4N7O5. The largest absolute Gasteiger partial charge is 0.444 e. The van der Waals surface area contributed by atoms with Gasteiger partial charge < -0.3 is 35.5 Å². The minimum Gasteiger partial charge on any atom is -0.444 e. The van der Waals surface area contributed by atoms with Gasteiger partial charge in [-0.25, -0.2) is 14.2 Å². The molecule has 0 atom stereocenters. The minimum absolute atomic E-state index is 0.0726. The molecular weight excluding hydrogens is 770 g/mol. The van der Waals surface area contributed by atoms with Crippen LogP contribution in [0.4, 0.5) is 33.9 Å². The molecule has 4 aromatic rings. The van der Waals surface area contributed by atoms with E-state index in [2.05, 4.69) is 28.7 Å². The zero-order valence-corrected chi connectivity index (χ0v) is 32.5. The predicted octanol–water partition coefficient (Wildman–Crippen LogP) is 7.07. The summed E-state index contributed by atoms with van der Waals surface area (Å²) in [6, 6.07) is 10.4. The number of ether oxygens (including phenoxy) is 1. The van der Waals surface area contributed by atoms with E-state index in [0.717, 1.165) is 0 Å². The number of alkyl halides is 3. The second-order valence-electron chi connectivity index (χ2n) is 14.4. The van der Waals surface area contributed by atoms with E-state index in [1.807, 2.05) is 5.32 Å². The van der Waals surface area contributed by atoms with E-state index < -0.39 is 48.0 Å². The lowest BCUT2D eigenvalue weighted by Crippen LogP contribution is -2.48. The van der Waals surface area contributed by atoms with Crippen LogP contribution in [0.2, 0.25) is 5.02 Å². The zero-order chi connectivity index (χ0) is 42.0. The number of carbonyl (C=O) groups is 4. The number of fused-ring (bicyclic) bond motifs is 1. The van der Waals surface area contributed by atoms with E-state index in [0.29, 0.717) is 64.8 Å². The Balaban J connectivity index is 1.53. The van der Waals surface area contributed by atoms with Crippen molar-refractivity contribution in [3.05, 3.63) is 77.2 Å². The third-order valence-electron chi connectivity index (χ3n) is 9.14. The molecule has 0 unspecified atom stereocenters. The van der Waals surface area contributed by atoms with Crippen molar-refractivity contribution in [2.45, 2.75) is 51.4 Å². The van der Waals surface area contributed by atoms with Gasteiger partial charge in [0.05, 0.1) is 32.7 Å². The summed E-state index contributed by atoms with van der Waals surface area (Å²) in [7, 11) is 3.40. The molecule has 2 aromatic carbocycles. The van der Waals surface area contributed by atoms with Crippen molar-refractivity contribution in [2.75, 3.05) is 37.7 Å². The number of piperidine rings is 1. The summed E-state index contributed by atoms with van der Waals surface area (Å²) in [6.45, 7) is 7.54. The Morgan fingerprint density at radius 1 is 1.07 bits per heavy atom. The number of nitrogens with one attached hydrogen (secondary N) is 2. The summed E-state index contributed by atoms with van der Waals surface area (Å²) >= 11 is 6.51. The Kier molecular flexibility index (Phi) is 12.2. The van der Waals surface area contributed by atoms with Crippen molar-refractivity contribution >= 4 is 57.8 Å². The van der Waals surface area contributed by atoms with E-state index in [4.69, 9.17) is 22.1 Å². The molecule has 1 aliphatic rings. The molecule has 300 valence electrons. The second kappa shape index (κ2) is 16.6. The van der Waals surface area contributed by atoms with E-state index in [1.165, 1.54) is 36.5 Å². The van der Waals surface area contributed by atoms with Gasteiger partial charge in [-0.05, 0) is 69.0 Å². The first-order chi connectivity index (χ1) is 26.6. The summed E-state index contributed by atoms with van der Waals surface area (Å²) in [6.07, 6.45) is -2.60. The Morgan fingerprint density at radius 3 is 2.28 bits per heavy atom. The molecule has 2 aromatic heterocycles. The number of amides is 4. The maximum atomic E-state index is 13.4. The molecule has 12 nitrogen and oxygen atoms in total.